The molecule has 0 heterocycles. The van der Waals surface area contributed by atoms with E-state index < -0.39 is 17.4 Å². The molecule has 72 valence electrons. The predicted octanol–water partition coefficient (Wildman–Crippen LogP) is 2.47. The molecule has 0 radical (unpaired) electrons. The molecule has 0 fully saturated rings. The maximum absolute atomic E-state index is 12.3. The second-order valence-electron chi connectivity index (χ2n) is 2.45. The fourth-order valence-corrected chi connectivity index (χ4v) is 1.52. The highest BCUT2D eigenvalue weighted by molar-refractivity contribution is 14.1. The Labute approximate surface area is 86.2 Å². The first-order valence-electron chi connectivity index (χ1n) is 3.24. The lowest BCUT2D eigenvalue weighted by Gasteiger charge is -2.11. The summed E-state index contributed by atoms with van der Waals surface area (Å²) in [5, 5.41) is 0. The van der Waals surface area contributed by atoms with E-state index in [4.69, 9.17) is 11.5 Å². The van der Waals surface area contributed by atoms with Gasteiger partial charge >= 0.3 is 6.18 Å². The second-order valence-corrected chi connectivity index (χ2v) is 3.70. The van der Waals surface area contributed by atoms with E-state index in [1.54, 1.807) is 22.6 Å². The van der Waals surface area contributed by atoms with E-state index in [0.717, 1.165) is 6.07 Å². The summed E-state index contributed by atoms with van der Waals surface area (Å²) in [5.74, 6) is 0. The van der Waals surface area contributed by atoms with Gasteiger partial charge in [0.25, 0.3) is 0 Å². The molecular formula is C7H6F3IN2. The molecule has 13 heavy (non-hydrogen) atoms. The van der Waals surface area contributed by atoms with Crippen LogP contribution in [0.1, 0.15) is 5.56 Å². The summed E-state index contributed by atoms with van der Waals surface area (Å²) in [7, 11) is 0. The van der Waals surface area contributed by atoms with E-state index in [9.17, 15) is 13.2 Å². The van der Waals surface area contributed by atoms with Crippen LogP contribution in [0.2, 0.25) is 0 Å². The highest BCUT2D eigenvalue weighted by Crippen LogP contribution is 2.37. The number of halogens is 4. The Hall–Kier alpha value is -0.660. The van der Waals surface area contributed by atoms with Crippen molar-refractivity contribution >= 4 is 34.0 Å². The number of hydrogen-bond donors (Lipinski definition) is 2. The molecule has 0 unspecified atom stereocenters. The van der Waals surface area contributed by atoms with Crippen molar-refractivity contribution in [3.05, 3.63) is 21.3 Å². The normalized spacial score (nSPS) is 11.7. The Morgan fingerprint density at radius 3 is 2.15 bits per heavy atom. The summed E-state index contributed by atoms with van der Waals surface area (Å²) in [5.41, 5.74) is 9.15. The Kier molecular flexibility index (Phi) is 2.60. The van der Waals surface area contributed by atoms with Crippen molar-refractivity contribution in [3.63, 3.8) is 0 Å². The van der Waals surface area contributed by atoms with E-state index in [-0.39, 0.29) is 5.69 Å². The van der Waals surface area contributed by atoms with Gasteiger partial charge in [-0.1, -0.05) is 0 Å². The minimum atomic E-state index is -4.45. The molecule has 4 N–H and O–H groups in total. The number of anilines is 2. The zero-order valence-electron chi connectivity index (χ0n) is 6.32. The van der Waals surface area contributed by atoms with E-state index in [0.29, 0.717) is 3.57 Å². The molecule has 0 saturated carbocycles. The first-order chi connectivity index (χ1) is 5.82. The van der Waals surface area contributed by atoms with Crippen molar-refractivity contribution in [2.24, 2.45) is 0 Å². The summed E-state index contributed by atoms with van der Waals surface area (Å²) >= 11 is 1.75. The molecule has 0 spiro atoms. The van der Waals surface area contributed by atoms with Crippen molar-refractivity contribution < 1.29 is 13.2 Å². The maximum atomic E-state index is 12.3. The maximum Gasteiger partial charge on any atom is 0.418 e. The van der Waals surface area contributed by atoms with Gasteiger partial charge in [0.1, 0.15) is 0 Å². The van der Waals surface area contributed by atoms with E-state index in [1.807, 2.05) is 0 Å². The number of rotatable bonds is 0. The van der Waals surface area contributed by atoms with E-state index in [1.165, 1.54) is 6.07 Å². The highest BCUT2D eigenvalue weighted by Gasteiger charge is 2.33. The lowest BCUT2D eigenvalue weighted by atomic mass is 10.1. The van der Waals surface area contributed by atoms with Crippen LogP contribution in [-0.4, -0.2) is 0 Å². The molecule has 1 aromatic rings. The Balaban J connectivity index is 3.37. The molecule has 0 aliphatic heterocycles. The molecule has 0 aromatic heterocycles. The van der Waals surface area contributed by atoms with Gasteiger partial charge in [-0.2, -0.15) is 13.2 Å². The van der Waals surface area contributed by atoms with Gasteiger partial charge in [-0.05, 0) is 34.7 Å². The van der Waals surface area contributed by atoms with Crippen LogP contribution >= 0.6 is 22.6 Å². The van der Waals surface area contributed by atoms with Gasteiger partial charge in [-0.15, -0.1) is 0 Å². The average molecular weight is 302 g/mol. The van der Waals surface area contributed by atoms with E-state index in [2.05, 4.69) is 0 Å². The Bertz CT molecular complexity index is 335. The van der Waals surface area contributed by atoms with Crippen LogP contribution in [-0.2, 0) is 6.18 Å². The summed E-state index contributed by atoms with van der Waals surface area (Å²) in [6.45, 7) is 0. The topological polar surface area (TPSA) is 52.0 Å². The fourth-order valence-electron chi connectivity index (χ4n) is 0.874. The molecule has 0 aliphatic rings. The monoisotopic (exact) mass is 302 g/mol. The molecule has 0 bridgehead atoms. The smallest absolute Gasteiger partial charge is 0.397 e. The molecule has 0 aliphatic carbocycles. The summed E-state index contributed by atoms with van der Waals surface area (Å²) in [4.78, 5) is 0. The van der Waals surface area contributed by atoms with Crippen LogP contribution < -0.4 is 11.5 Å². The van der Waals surface area contributed by atoms with Gasteiger partial charge in [0, 0.05) is 3.57 Å². The zero-order chi connectivity index (χ0) is 10.2. The quantitative estimate of drug-likeness (QED) is 0.571. The Morgan fingerprint density at radius 1 is 1.15 bits per heavy atom. The van der Waals surface area contributed by atoms with Gasteiger partial charge in [0.2, 0.25) is 0 Å². The standard InChI is InChI=1S/C7H6F3IN2/c8-7(9,10)4-1-3(11)2-5(12)6(4)13/h1-2H,12-13H2. The third-order valence-corrected chi connectivity index (χ3v) is 2.11. The summed E-state index contributed by atoms with van der Waals surface area (Å²) < 4.78 is 37.2. The lowest BCUT2D eigenvalue weighted by Crippen LogP contribution is -2.11. The third-order valence-electron chi connectivity index (χ3n) is 1.48. The van der Waals surface area contributed by atoms with Crippen molar-refractivity contribution in [1.82, 2.24) is 0 Å². The molecule has 0 saturated heterocycles. The van der Waals surface area contributed by atoms with Crippen LogP contribution in [0.3, 0.4) is 0 Å². The van der Waals surface area contributed by atoms with Crippen LogP contribution in [0.15, 0.2) is 12.1 Å². The van der Waals surface area contributed by atoms with Crippen molar-refractivity contribution in [1.29, 1.82) is 0 Å². The lowest BCUT2D eigenvalue weighted by molar-refractivity contribution is -0.136. The largest absolute Gasteiger partial charge is 0.418 e. The summed E-state index contributed by atoms with van der Waals surface area (Å²) in [6.07, 6.45) is -4.45. The number of nitrogen functional groups attached to an aromatic ring is 2. The van der Waals surface area contributed by atoms with Crippen LogP contribution in [0.4, 0.5) is 24.5 Å². The van der Waals surface area contributed by atoms with Gasteiger partial charge in [0.05, 0.1) is 16.9 Å². The van der Waals surface area contributed by atoms with Gasteiger partial charge in [-0.25, -0.2) is 0 Å². The number of nitrogens with two attached hydrogens (primary N) is 2. The molecule has 1 aromatic carbocycles. The number of alkyl halides is 3. The first-order valence-corrected chi connectivity index (χ1v) is 4.32. The van der Waals surface area contributed by atoms with Crippen molar-refractivity contribution in [2.75, 3.05) is 11.5 Å². The Morgan fingerprint density at radius 2 is 1.69 bits per heavy atom. The van der Waals surface area contributed by atoms with E-state index >= 15 is 0 Å². The SMILES string of the molecule is Nc1cc(I)cc(C(F)(F)F)c1N. The van der Waals surface area contributed by atoms with Gasteiger partial charge in [-0.3, -0.25) is 0 Å². The molecule has 6 heteroatoms. The molecule has 2 nitrogen and oxygen atoms in total. The van der Waals surface area contributed by atoms with Crippen LogP contribution in [0.5, 0.6) is 0 Å². The fraction of sp³-hybridized carbons (Fsp3) is 0.143. The average Bonchev–Trinajstić information content (AvgIpc) is 1.94. The van der Waals surface area contributed by atoms with Gasteiger partial charge in [0.15, 0.2) is 0 Å². The summed E-state index contributed by atoms with van der Waals surface area (Å²) in [6, 6.07) is 2.36. The van der Waals surface area contributed by atoms with Gasteiger partial charge < -0.3 is 11.5 Å². The minimum absolute atomic E-state index is 0.0424. The van der Waals surface area contributed by atoms with Crippen molar-refractivity contribution in [2.45, 2.75) is 6.18 Å². The molecular weight excluding hydrogens is 296 g/mol. The second kappa shape index (κ2) is 3.24. The van der Waals surface area contributed by atoms with Crippen LogP contribution in [0, 0.1) is 3.57 Å². The highest BCUT2D eigenvalue weighted by atomic mass is 127. The molecule has 0 atom stereocenters. The zero-order valence-corrected chi connectivity index (χ0v) is 8.48. The van der Waals surface area contributed by atoms with Crippen molar-refractivity contribution in [3.8, 4) is 0 Å². The first kappa shape index (κ1) is 10.4. The third kappa shape index (κ3) is 2.17. The molecule has 1 rings (SSSR count). The minimum Gasteiger partial charge on any atom is -0.397 e. The predicted molar refractivity (Wildman–Crippen MR) is 53.0 cm³/mol. The number of benzene rings is 1. The number of hydrogen-bond acceptors (Lipinski definition) is 2. The molecule has 0 amide bonds. The van der Waals surface area contributed by atoms with Crippen LogP contribution in [0.25, 0.3) is 0 Å².